The highest BCUT2D eigenvalue weighted by atomic mass is 16.6. The molecule has 2 aromatic heterocycles. The molecule has 3 aromatic rings. The standard InChI is InChI=1S/C19H21N5O3/c1-13-16(22-27-21-13)10-23(2)19(25)17-12-26-18(20-17)11-24-8-7-14-5-3-4-6-15(14)9-24/h3-6,12H,7-11H2,1-2H3. The second-order valence-corrected chi connectivity index (χ2v) is 6.81. The van der Waals surface area contributed by atoms with Gasteiger partial charge in [-0.1, -0.05) is 34.6 Å². The van der Waals surface area contributed by atoms with Crippen molar-refractivity contribution in [2.24, 2.45) is 0 Å². The van der Waals surface area contributed by atoms with Crippen LogP contribution in [-0.2, 0) is 26.1 Å². The fourth-order valence-electron chi connectivity index (χ4n) is 3.25. The monoisotopic (exact) mass is 367 g/mol. The number of rotatable bonds is 5. The smallest absolute Gasteiger partial charge is 0.275 e. The van der Waals surface area contributed by atoms with E-state index >= 15 is 0 Å². The van der Waals surface area contributed by atoms with Crippen LogP contribution in [0.25, 0.3) is 0 Å². The molecule has 0 fully saturated rings. The van der Waals surface area contributed by atoms with Gasteiger partial charge < -0.3 is 9.32 Å². The summed E-state index contributed by atoms with van der Waals surface area (Å²) >= 11 is 0. The van der Waals surface area contributed by atoms with Crippen LogP contribution in [0.1, 0.15) is 38.9 Å². The Labute approximate surface area is 156 Å². The van der Waals surface area contributed by atoms with Crippen molar-refractivity contribution in [3.63, 3.8) is 0 Å². The zero-order valence-electron chi connectivity index (χ0n) is 15.4. The molecule has 8 heteroatoms. The summed E-state index contributed by atoms with van der Waals surface area (Å²) in [5.41, 5.74) is 4.32. The third-order valence-corrected chi connectivity index (χ3v) is 4.82. The topological polar surface area (TPSA) is 88.5 Å². The van der Waals surface area contributed by atoms with Gasteiger partial charge in [-0.25, -0.2) is 9.61 Å². The molecule has 140 valence electrons. The maximum absolute atomic E-state index is 12.6. The summed E-state index contributed by atoms with van der Waals surface area (Å²) in [7, 11) is 1.69. The summed E-state index contributed by atoms with van der Waals surface area (Å²) in [5, 5.41) is 7.53. The molecule has 1 aliphatic rings. The highest BCUT2D eigenvalue weighted by molar-refractivity contribution is 5.91. The van der Waals surface area contributed by atoms with Crippen LogP contribution in [0.5, 0.6) is 0 Å². The van der Waals surface area contributed by atoms with Crippen molar-refractivity contribution in [1.82, 2.24) is 25.1 Å². The molecule has 4 rings (SSSR count). The van der Waals surface area contributed by atoms with E-state index in [1.165, 1.54) is 22.3 Å². The van der Waals surface area contributed by atoms with Gasteiger partial charge in [-0.05, 0) is 24.5 Å². The number of carbonyl (C=O) groups is 1. The van der Waals surface area contributed by atoms with E-state index in [1.807, 2.05) is 0 Å². The van der Waals surface area contributed by atoms with Crippen LogP contribution in [0, 0.1) is 6.92 Å². The lowest BCUT2D eigenvalue weighted by Crippen LogP contribution is -2.30. The first-order valence-corrected chi connectivity index (χ1v) is 8.87. The Kier molecular flexibility index (Phi) is 4.72. The van der Waals surface area contributed by atoms with E-state index in [0.29, 0.717) is 36.1 Å². The van der Waals surface area contributed by atoms with Gasteiger partial charge in [-0.2, -0.15) is 0 Å². The molecule has 0 atom stereocenters. The van der Waals surface area contributed by atoms with Gasteiger partial charge in [0.1, 0.15) is 17.7 Å². The summed E-state index contributed by atoms with van der Waals surface area (Å²) in [6.45, 7) is 4.48. The number of aromatic nitrogens is 3. The van der Waals surface area contributed by atoms with Crippen molar-refractivity contribution in [3.8, 4) is 0 Å². The Balaban J connectivity index is 1.38. The number of aryl methyl sites for hydroxylation is 1. The summed E-state index contributed by atoms with van der Waals surface area (Å²) in [4.78, 5) is 20.7. The molecule has 0 saturated carbocycles. The lowest BCUT2D eigenvalue weighted by molar-refractivity contribution is 0.0776. The van der Waals surface area contributed by atoms with E-state index in [9.17, 15) is 4.79 Å². The average Bonchev–Trinajstić information content (AvgIpc) is 3.30. The minimum absolute atomic E-state index is 0.226. The van der Waals surface area contributed by atoms with Crippen LogP contribution >= 0.6 is 0 Å². The van der Waals surface area contributed by atoms with Crippen LogP contribution in [0.2, 0.25) is 0 Å². The van der Waals surface area contributed by atoms with Crippen LogP contribution in [0.3, 0.4) is 0 Å². The largest absolute Gasteiger partial charge is 0.447 e. The molecule has 1 amide bonds. The molecule has 0 spiro atoms. The minimum Gasteiger partial charge on any atom is -0.447 e. The Bertz CT molecular complexity index is 948. The quantitative estimate of drug-likeness (QED) is 0.683. The van der Waals surface area contributed by atoms with Gasteiger partial charge in [0, 0.05) is 20.1 Å². The van der Waals surface area contributed by atoms with E-state index in [0.717, 1.165) is 19.5 Å². The van der Waals surface area contributed by atoms with Gasteiger partial charge in [-0.3, -0.25) is 9.69 Å². The van der Waals surface area contributed by atoms with Gasteiger partial charge in [0.15, 0.2) is 5.69 Å². The molecule has 0 saturated heterocycles. The molecule has 0 unspecified atom stereocenters. The van der Waals surface area contributed by atoms with Crippen molar-refractivity contribution in [2.45, 2.75) is 33.0 Å². The molecular formula is C19H21N5O3. The molecule has 1 aliphatic heterocycles. The summed E-state index contributed by atoms with van der Waals surface area (Å²) < 4.78 is 10.2. The molecule has 8 nitrogen and oxygen atoms in total. The Morgan fingerprint density at radius 1 is 1.26 bits per heavy atom. The highest BCUT2D eigenvalue weighted by Gasteiger charge is 2.21. The molecule has 0 aliphatic carbocycles. The van der Waals surface area contributed by atoms with Crippen molar-refractivity contribution < 1.29 is 13.8 Å². The Morgan fingerprint density at radius 3 is 2.85 bits per heavy atom. The lowest BCUT2D eigenvalue weighted by atomic mass is 10.00. The number of fused-ring (bicyclic) bond motifs is 1. The Morgan fingerprint density at radius 2 is 2.07 bits per heavy atom. The predicted molar refractivity (Wildman–Crippen MR) is 95.6 cm³/mol. The van der Waals surface area contributed by atoms with Crippen LogP contribution in [0.4, 0.5) is 0 Å². The van der Waals surface area contributed by atoms with E-state index in [1.54, 1.807) is 14.0 Å². The number of oxazole rings is 1. The van der Waals surface area contributed by atoms with E-state index in [4.69, 9.17) is 4.42 Å². The number of benzene rings is 1. The fraction of sp³-hybridized carbons (Fsp3) is 0.368. The number of amides is 1. The van der Waals surface area contributed by atoms with Crippen LogP contribution < -0.4 is 0 Å². The fourth-order valence-corrected chi connectivity index (χ4v) is 3.25. The normalized spacial score (nSPS) is 14.1. The van der Waals surface area contributed by atoms with Crippen molar-refractivity contribution >= 4 is 5.91 Å². The van der Waals surface area contributed by atoms with Crippen molar-refractivity contribution in [3.05, 3.63) is 64.6 Å². The van der Waals surface area contributed by atoms with E-state index in [-0.39, 0.29) is 5.91 Å². The van der Waals surface area contributed by atoms with Gasteiger partial charge in [0.2, 0.25) is 5.89 Å². The molecule has 0 radical (unpaired) electrons. The van der Waals surface area contributed by atoms with E-state index < -0.39 is 0 Å². The summed E-state index contributed by atoms with van der Waals surface area (Å²) in [6, 6.07) is 8.47. The second kappa shape index (κ2) is 7.32. The van der Waals surface area contributed by atoms with Crippen LogP contribution in [-0.4, -0.2) is 44.6 Å². The maximum Gasteiger partial charge on any atom is 0.275 e. The van der Waals surface area contributed by atoms with Gasteiger partial charge in [0.05, 0.1) is 13.1 Å². The van der Waals surface area contributed by atoms with Gasteiger partial charge in [-0.15, -0.1) is 0 Å². The van der Waals surface area contributed by atoms with Crippen molar-refractivity contribution in [2.75, 3.05) is 13.6 Å². The van der Waals surface area contributed by atoms with Gasteiger partial charge >= 0.3 is 0 Å². The van der Waals surface area contributed by atoms with Crippen LogP contribution in [0.15, 0.2) is 39.6 Å². The number of hydrogen-bond acceptors (Lipinski definition) is 7. The maximum atomic E-state index is 12.6. The van der Waals surface area contributed by atoms with E-state index in [2.05, 4.69) is 49.1 Å². The minimum atomic E-state index is -0.226. The first-order chi connectivity index (χ1) is 13.1. The summed E-state index contributed by atoms with van der Waals surface area (Å²) in [5.74, 6) is 0.321. The summed E-state index contributed by atoms with van der Waals surface area (Å²) in [6.07, 6.45) is 2.43. The molecule has 0 N–H and O–H groups in total. The molecule has 3 heterocycles. The first-order valence-electron chi connectivity index (χ1n) is 8.87. The zero-order chi connectivity index (χ0) is 18.8. The van der Waals surface area contributed by atoms with Gasteiger partial charge in [0.25, 0.3) is 5.91 Å². The second-order valence-electron chi connectivity index (χ2n) is 6.81. The van der Waals surface area contributed by atoms with Crippen molar-refractivity contribution in [1.29, 1.82) is 0 Å². The molecule has 1 aromatic carbocycles. The first kappa shape index (κ1) is 17.4. The highest BCUT2D eigenvalue weighted by Crippen LogP contribution is 2.20. The zero-order valence-corrected chi connectivity index (χ0v) is 15.4. The molecule has 27 heavy (non-hydrogen) atoms. The number of nitrogens with zero attached hydrogens (tertiary/aromatic N) is 5. The third kappa shape index (κ3) is 3.75. The predicted octanol–water partition coefficient (Wildman–Crippen LogP) is 2.20. The molecule has 0 bridgehead atoms. The SMILES string of the molecule is Cc1nonc1CN(C)C(=O)c1coc(CN2CCc3ccccc3C2)n1. The molecular weight excluding hydrogens is 346 g/mol. The Hall–Kier alpha value is -3.00. The average molecular weight is 367 g/mol. The number of hydrogen-bond donors (Lipinski definition) is 0. The number of carbonyl (C=O) groups excluding carboxylic acids is 1. The third-order valence-electron chi connectivity index (χ3n) is 4.82. The lowest BCUT2D eigenvalue weighted by Gasteiger charge is -2.27.